The lowest BCUT2D eigenvalue weighted by molar-refractivity contribution is 0.108. The number of rotatable bonds is 4. The Morgan fingerprint density at radius 2 is 1.82 bits per heavy atom. The number of hydrogen-bond acceptors (Lipinski definition) is 3. The largest absolute Gasteiger partial charge is 0.491 e. The first-order valence-electron chi connectivity index (χ1n) is 5.47. The van der Waals surface area contributed by atoms with Crippen LogP contribution in [0.4, 0.5) is 5.69 Å². The highest BCUT2D eigenvalue weighted by Gasteiger charge is 2.08. The molecular formula is C14H15NO2. The van der Waals surface area contributed by atoms with Crippen molar-refractivity contribution in [3.05, 3.63) is 60.2 Å². The molecule has 0 saturated carbocycles. The number of nitrogen functional groups attached to an aromatic ring is 1. The van der Waals surface area contributed by atoms with E-state index in [0.717, 1.165) is 11.3 Å². The van der Waals surface area contributed by atoms with Gasteiger partial charge >= 0.3 is 0 Å². The number of para-hydroxylation sites is 1. The van der Waals surface area contributed by atoms with E-state index in [1.807, 2.05) is 42.5 Å². The second-order valence-corrected chi connectivity index (χ2v) is 3.81. The number of aliphatic hydroxyl groups excluding tert-OH is 1. The van der Waals surface area contributed by atoms with E-state index in [9.17, 15) is 5.11 Å². The van der Waals surface area contributed by atoms with Gasteiger partial charge in [-0.2, -0.15) is 0 Å². The van der Waals surface area contributed by atoms with Gasteiger partial charge in [-0.3, -0.25) is 0 Å². The minimum Gasteiger partial charge on any atom is -0.491 e. The molecule has 0 aliphatic carbocycles. The quantitative estimate of drug-likeness (QED) is 0.791. The molecule has 3 heteroatoms. The molecule has 0 aromatic heterocycles. The Bertz CT molecular complexity index is 471. The van der Waals surface area contributed by atoms with Crippen LogP contribution >= 0.6 is 0 Å². The fourth-order valence-corrected chi connectivity index (χ4v) is 1.55. The summed E-state index contributed by atoms with van der Waals surface area (Å²) in [7, 11) is 0. The van der Waals surface area contributed by atoms with Gasteiger partial charge in [0.25, 0.3) is 0 Å². The first-order chi connectivity index (χ1) is 8.25. The van der Waals surface area contributed by atoms with Crippen LogP contribution in [-0.2, 0) is 0 Å². The third-order valence-electron chi connectivity index (χ3n) is 2.45. The molecule has 0 bridgehead atoms. The molecule has 2 aromatic rings. The average molecular weight is 229 g/mol. The van der Waals surface area contributed by atoms with Crippen molar-refractivity contribution in [2.45, 2.75) is 6.10 Å². The summed E-state index contributed by atoms with van der Waals surface area (Å²) in [5.74, 6) is 0.746. The summed E-state index contributed by atoms with van der Waals surface area (Å²) >= 11 is 0. The molecule has 0 aliphatic rings. The van der Waals surface area contributed by atoms with Crippen LogP contribution in [0.2, 0.25) is 0 Å². The highest BCUT2D eigenvalue weighted by molar-refractivity contribution is 5.41. The Labute approximate surface area is 100 Å². The maximum atomic E-state index is 9.93. The number of hydrogen-bond donors (Lipinski definition) is 2. The number of aliphatic hydroxyl groups is 1. The third-order valence-corrected chi connectivity index (χ3v) is 2.45. The summed E-state index contributed by atoms with van der Waals surface area (Å²) in [5, 5.41) is 9.93. The van der Waals surface area contributed by atoms with Crippen LogP contribution in [0, 0.1) is 0 Å². The van der Waals surface area contributed by atoms with Gasteiger partial charge in [-0.15, -0.1) is 0 Å². The van der Waals surface area contributed by atoms with E-state index in [4.69, 9.17) is 10.5 Å². The van der Waals surface area contributed by atoms with Crippen molar-refractivity contribution < 1.29 is 9.84 Å². The van der Waals surface area contributed by atoms with E-state index in [1.165, 1.54) is 0 Å². The summed E-state index contributed by atoms with van der Waals surface area (Å²) in [5.41, 5.74) is 7.06. The Morgan fingerprint density at radius 1 is 1.06 bits per heavy atom. The fraction of sp³-hybridized carbons (Fsp3) is 0.143. The number of anilines is 1. The molecule has 0 spiro atoms. The minimum atomic E-state index is -0.668. The van der Waals surface area contributed by atoms with E-state index < -0.39 is 6.10 Å². The lowest BCUT2D eigenvalue weighted by atomic mass is 10.1. The topological polar surface area (TPSA) is 55.5 Å². The van der Waals surface area contributed by atoms with Crippen LogP contribution in [0.25, 0.3) is 0 Å². The van der Waals surface area contributed by atoms with Crippen molar-refractivity contribution in [1.29, 1.82) is 0 Å². The zero-order valence-corrected chi connectivity index (χ0v) is 9.41. The molecule has 0 radical (unpaired) electrons. The van der Waals surface area contributed by atoms with E-state index in [2.05, 4.69) is 0 Å². The molecule has 1 atom stereocenters. The molecule has 0 amide bonds. The molecule has 0 aliphatic heterocycles. The van der Waals surface area contributed by atoms with Crippen molar-refractivity contribution in [3.63, 3.8) is 0 Å². The zero-order chi connectivity index (χ0) is 12.1. The summed E-state index contributed by atoms with van der Waals surface area (Å²) < 4.78 is 5.47. The summed E-state index contributed by atoms with van der Waals surface area (Å²) in [6, 6.07) is 16.6. The average Bonchev–Trinajstić information content (AvgIpc) is 2.37. The molecule has 2 aromatic carbocycles. The van der Waals surface area contributed by atoms with Gasteiger partial charge in [0.05, 0.1) is 0 Å². The van der Waals surface area contributed by atoms with E-state index in [0.29, 0.717) is 5.69 Å². The molecular weight excluding hydrogens is 214 g/mol. The van der Waals surface area contributed by atoms with Gasteiger partial charge in [-0.05, 0) is 29.8 Å². The van der Waals surface area contributed by atoms with Gasteiger partial charge < -0.3 is 15.6 Å². The van der Waals surface area contributed by atoms with E-state index in [1.54, 1.807) is 12.1 Å². The smallest absolute Gasteiger partial charge is 0.119 e. The van der Waals surface area contributed by atoms with Crippen LogP contribution in [0.1, 0.15) is 11.7 Å². The number of nitrogens with two attached hydrogens (primary N) is 1. The molecule has 2 rings (SSSR count). The first-order valence-corrected chi connectivity index (χ1v) is 5.47. The summed E-state index contributed by atoms with van der Waals surface area (Å²) in [4.78, 5) is 0. The van der Waals surface area contributed by atoms with E-state index >= 15 is 0 Å². The first kappa shape index (κ1) is 11.5. The van der Waals surface area contributed by atoms with Crippen molar-refractivity contribution in [3.8, 4) is 5.75 Å². The van der Waals surface area contributed by atoms with Gasteiger partial charge in [0.15, 0.2) is 0 Å². The number of ether oxygens (including phenoxy) is 1. The van der Waals surface area contributed by atoms with E-state index in [-0.39, 0.29) is 6.61 Å². The Balaban J connectivity index is 1.96. The van der Waals surface area contributed by atoms with Crippen LogP contribution < -0.4 is 10.5 Å². The fourth-order valence-electron chi connectivity index (χ4n) is 1.55. The number of benzene rings is 2. The van der Waals surface area contributed by atoms with Crippen LogP contribution in [0.3, 0.4) is 0 Å². The van der Waals surface area contributed by atoms with Gasteiger partial charge in [0, 0.05) is 5.69 Å². The van der Waals surface area contributed by atoms with Crippen LogP contribution in [-0.4, -0.2) is 11.7 Å². The Hall–Kier alpha value is -2.00. The maximum Gasteiger partial charge on any atom is 0.119 e. The van der Waals surface area contributed by atoms with Crippen molar-refractivity contribution >= 4 is 5.69 Å². The Morgan fingerprint density at radius 3 is 2.53 bits per heavy atom. The maximum absolute atomic E-state index is 9.93. The highest BCUT2D eigenvalue weighted by atomic mass is 16.5. The van der Waals surface area contributed by atoms with Gasteiger partial charge in [-0.1, -0.05) is 30.3 Å². The normalized spacial score (nSPS) is 12.1. The predicted octanol–water partition coefficient (Wildman–Crippen LogP) is 2.38. The standard InChI is InChI=1S/C14H15NO2/c15-12-6-4-5-11(9-12)14(16)10-17-13-7-2-1-3-8-13/h1-9,14,16H,10,15H2. The molecule has 0 fully saturated rings. The minimum absolute atomic E-state index is 0.216. The van der Waals surface area contributed by atoms with Gasteiger partial charge in [-0.25, -0.2) is 0 Å². The lowest BCUT2D eigenvalue weighted by Gasteiger charge is -2.13. The lowest BCUT2D eigenvalue weighted by Crippen LogP contribution is -2.09. The monoisotopic (exact) mass is 229 g/mol. The SMILES string of the molecule is Nc1cccc(C(O)COc2ccccc2)c1. The summed E-state index contributed by atoms with van der Waals surface area (Å²) in [6.07, 6.45) is -0.668. The van der Waals surface area contributed by atoms with Gasteiger partial charge in [0.2, 0.25) is 0 Å². The summed E-state index contributed by atoms with van der Waals surface area (Å²) in [6.45, 7) is 0.216. The van der Waals surface area contributed by atoms with Crippen molar-refractivity contribution in [2.75, 3.05) is 12.3 Å². The molecule has 88 valence electrons. The van der Waals surface area contributed by atoms with Gasteiger partial charge in [0.1, 0.15) is 18.5 Å². The predicted molar refractivity (Wildman–Crippen MR) is 67.8 cm³/mol. The zero-order valence-electron chi connectivity index (χ0n) is 9.41. The van der Waals surface area contributed by atoms with Crippen molar-refractivity contribution in [1.82, 2.24) is 0 Å². The molecule has 0 heterocycles. The Kier molecular flexibility index (Phi) is 3.62. The highest BCUT2D eigenvalue weighted by Crippen LogP contribution is 2.17. The third kappa shape index (κ3) is 3.23. The van der Waals surface area contributed by atoms with Crippen LogP contribution in [0.15, 0.2) is 54.6 Å². The molecule has 0 saturated heterocycles. The van der Waals surface area contributed by atoms with Crippen molar-refractivity contribution in [2.24, 2.45) is 0 Å². The molecule has 17 heavy (non-hydrogen) atoms. The second-order valence-electron chi connectivity index (χ2n) is 3.81. The second kappa shape index (κ2) is 5.37. The molecule has 3 nitrogen and oxygen atoms in total. The molecule has 1 unspecified atom stereocenters. The van der Waals surface area contributed by atoms with Crippen LogP contribution in [0.5, 0.6) is 5.75 Å². The molecule has 3 N–H and O–H groups in total.